The van der Waals surface area contributed by atoms with Gasteiger partial charge in [-0.25, -0.2) is 0 Å². The van der Waals surface area contributed by atoms with Gasteiger partial charge < -0.3 is 11.1 Å². The topological polar surface area (TPSA) is 119 Å². The number of carbonyl (C=O) groups excluding carboxylic acids is 2. The summed E-state index contributed by atoms with van der Waals surface area (Å²) in [5.41, 5.74) is 5.07. The van der Waals surface area contributed by atoms with E-state index in [1.807, 2.05) is 0 Å². The van der Waals surface area contributed by atoms with E-state index in [4.69, 9.17) is 17.3 Å². The summed E-state index contributed by atoms with van der Waals surface area (Å²) in [5.74, 6) is -0.977. The van der Waals surface area contributed by atoms with Gasteiger partial charge in [0.15, 0.2) is 5.54 Å². The van der Waals surface area contributed by atoms with Crippen LogP contribution in [-0.2, 0) is 15.1 Å². The number of nitrogens with two attached hydrogens (primary N) is 1. The van der Waals surface area contributed by atoms with Crippen molar-refractivity contribution >= 4 is 34.8 Å². The van der Waals surface area contributed by atoms with Crippen LogP contribution in [-0.4, -0.2) is 22.8 Å². The van der Waals surface area contributed by atoms with Crippen molar-refractivity contribution in [3.63, 3.8) is 0 Å². The van der Waals surface area contributed by atoms with E-state index in [2.05, 4.69) is 5.32 Å². The van der Waals surface area contributed by atoms with Gasteiger partial charge in [-0.1, -0.05) is 43.0 Å². The second-order valence-electron chi connectivity index (χ2n) is 8.08. The molecular formula is C23H23ClN4O4. The number of carbonyl (C=O) groups is 2. The van der Waals surface area contributed by atoms with Gasteiger partial charge >= 0.3 is 0 Å². The minimum atomic E-state index is -1.76. The maximum Gasteiger partial charge on any atom is 0.269 e. The summed E-state index contributed by atoms with van der Waals surface area (Å²) in [6, 6.07) is 12.1. The van der Waals surface area contributed by atoms with Gasteiger partial charge in [-0.3, -0.25) is 24.6 Å². The van der Waals surface area contributed by atoms with Crippen molar-refractivity contribution < 1.29 is 14.5 Å². The lowest BCUT2D eigenvalue weighted by Gasteiger charge is -2.40. The molecule has 1 atom stereocenters. The van der Waals surface area contributed by atoms with Gasteiger partial charge in [0.05, 0.1) is 10.6 Å². The number of hydrogen-bond donors (Lipinski definition) is 2. The Morgan fingerprint density at radius 3 is 2.50 bits per heavy atom. The highest BCUT2D eigenvalue weighted by atomic mass is 35.5. The maximum atomic E-state index is 13.9. The van der Waals surface area contributed by atoms with E-state index in [0.29, 0.717) is 10.7 Å². The first kappa shape index (κ1) is 21.8. The zero-order valence-corrected chi connectivity index (χ0v) is 18.0. The van der Waals surface area contributed by atoms with Crippen LogP contribution in [0.2, 0.25) is 5.02 Å². The summed E-state index contributed by atoms with van der Waals surface area (Å²) >= 11 is 6.02. The van der Waals surface area contributed by atoms with Crippen LogP contribution in [0.1, 0.15) is 37.7 Å². The van der Waals surface area contributed by atoms with E-state index < -0.39 is 22.3 Å². The van der Waals surface area contributed by atoms with E-state index in [0.717, 1.165) is 32.1 Å². The van der Waals surface area contributed by atoms with Gasteiger partial charge in [-0.2, -0.15) is 0 Å². The molecule has 9 heteroatoms. The predicted molar refractivity (Wildman–Crippen MR) is 121 cm³/mol. The monoisotopic (exact) mass is 454 g/mol. The highest BCUT2D eigenvalue weighted by Crippen LogP contribution is 2.43. The fourth-order valence-corrected chi connectivity index (χ4v) is 4.67. The number of halogens is 1. The average Bonchev–Trinajstić information content (AvgIpc) is 3.05. The Labute approximate surface area is 190 Å². The Hall–Kier alpha value is -3.39. The maximum absolute atomic E-state index is 13.9. The molecule has 32 heavy (non-hydrogen) atoms. The van der Waals surface area contributed by atoms with Crippen molar-refractivity contribution in [1.82, 2.24) is 5.32 Å². The number of nitro benzene ring substituents is 1. The molecule has 3 N–H and O–H groups in total. The zero-order valence-electron chi connectivity index (χ0n) is 17.3. The molecule has 2 aromatic rings. The number of nitro groups is 1. The van der Waals surface area contributed by atoms with Crippen LogP contribution in [0.5, 0.6) is 0 Å². The number of non-ortho nitro benzene ring substituents is 1. The molecular weight excluding hydrogens is 432 g/mol. The van der Waals surface area contributed by atoms with Gasteiger partial charge in [0.25, 0.3) is 17.5 Å². The van der Waals surface area contributed by atoms with Crippen LogP contribution >= 0.6 is 11.6 Å². The molecule has 1 unspecified atom stereocenters. The molecule has 2 amide bonds. The summed E-state index contributed by atoms with van der Waals surface area (Å²) in [6.07, 6.45) is 5.97. The van der Waals surface area contributed by atoms with Crippen LogP contribution in [0.25, 0.3) is 0 Å². The molecule has 166 valence electrons. The van der Waals surface area contributed by atoms with Gasteiger partial charge in [0, 0.05) is 40.5 Å². The minimum absolute atomic E-state index is 0.00579. The summed E-state index contributed by atoms with van der Waals surface area (Å²) in [5, 5.41) is 15.0. The third-order valence-electron chi connectivity index (χ3n) is 6.08. The van der Waals surface area contributed by atoms with E-state index in [9.17, 15) is 19.7 Å². The summed E-state index contributed by atoms with van der Waals surface area (Å²) in [6.45, 7) is 0. The summed E-state index contributed by atoms with van der Waals surface area (Å²) in [4.78, 5) is 39.2. The molecule has 0 bridgehead atoms. The summed E-state index contributed by atoms with van der Waals surface area (Å²) in [7, 11) is 0. The van der Waals surface area contributed by atoms with Crippen molar-refractivity contribution in [1.29, 1.82) is 0 Å². The molecule has 1 fully saturated rings. The number of nitrogens with one attached hydrogen (secondary N) is 1. The van der Waals surface area contributed by atoms with Gasteiger partial charge in [-0.15, -0.1) is 0 Å². The van der Waals surface area contributed by atoms with Gasteiger partial charge in [-0.05, 0) is 37.1 Å². The largest absolute Gasteiger partial charge is 0.399 e. The fourth-order valence-electron chi connectivity index (χ4n) is 4.55. The number of hydrogen-bond acceptors (Lipinski definition) is 5. The van der Waals surface area contributed by atoms with Gasteiger partial charge in [0.1, 0.15) is 0 Å². The van der Waals surface area contributed by atoms with E-state index >= 15 is 0 Å². The normalized spacial score (nSPS) is 21.3. The average molecular weight is 455 g/mol. The molecule has 4 rings (SSSR count). The van der Waals surface area contributed by atoms with Crippen molar-refractivity contribution in [2.24, 2.45) is 5.73 Å². The first-order valence-electron chi connectivity index (χ1n) is 10.5. The van der Waals surface area contributed by atoms with Crippen molar-refractivity contribution in [2.45, 2.75) is 43.7 Å². The molecule has 1 aliphatic heterocycles. The molecule has 1 aliphatic carbocycles. The molecule has 8 nitrogen and oxygen atoms in total. The number of nitrogens with zero attached hydrogens (tertiary/aromatic N) is 2. The van der Waals surface area contributed by atoms with Gasteiger partial charge in [0.2, 0.25) is 0 Å². The lowest BCUT2D eigenvalue weighted by molar-refractivity contribution is -0.384. The second kappa shape index (κ2) is 8.63. The Morgan fingerprint density at radius 1 is 1.16 bits per heavy atom. The second-order valence-corrected chi connectivity index (χ2v) is 8.51. The molecule has 2 aromatic carbocycles. The third-order valence-corrected chi connectivity index (χ3v) is 6.33. The van der Waals surface area contributed by atoms with Crippen molar-refractivity contribution in [3.05, 3.63) is 81.0 Å². The van der Waals surface area contributed by atoms with Crippen LogP contribution in [0, 0.1) is 10.1 Å². The van der Waals surface area contributed by atoms with Crippen LogP contribution < -0.4 is 16.0 Å². The molecule has 0 radical (unpaired) electrons. The van der Waals surface area contributed by atoms with E-state index in [-0.39, 0.29) is 23.0 Å². The first-order valence-corrected chi connectivity index (χ1v) is 10.8. The van der Waals surface area contributed by atoms with E-state index in [1.165, 1.54) is 29.2 Å². The molecule has 2 aliphatic rings. The third kappa shape index (κ3) is 3.71. The molecule has 0 aromatic heterocycles. The van der Waals surface area contributed by atoms with E-state index in [1.54, 1.807) is 30.3 Å². The predicted octanol–water partition coefficient (Wildman–Crippen LogP) is 3.78. The fraction of sp³-hybridized carbons (Fsp3) is 0.304. The highest BCUT2D eigenvalue weighted by molar-refractivity contribution is 6.30. The lowest BCUT2D eigenvalue weighted by atomic mass is 9.84. The Balaban J connectivity index is 1.89. The van der Waals surface area contributed by atoms with Crippen molar-refractivity contribution in [3.8, 4) is 0 Å². The first-order chi connectivity index (χ1) is 15.3. The quantitative estimate of drug-likeness (QED) is 0.526. The number of benzene rings is 2. The molecule has 0 spiro atoms. The zero-order chi connectivity index (χ0) is 22.9. The highest BCUT2D eigenvalue weighted by Gasteiger charge is 2.55. The molecule has 1 heterocycles. The number of anilines is 1. The Morgan fingerprint density at radius 2 is 1.84 bits per heavy atom. The summed E-state index contributed by atoms with van der Waals surface area (Å²) < 4.78 is 0. The molecule has 0 saturated heterocycles. The number of amides is 2. The van der Waals surface area contributed by atoms with Crippen LogP contribution in [0.15, 0.2) is 60.3 Å². The standard InChI is InChI=1S/C23H23ClN4O4/c24-16-9-11-18(12-10-16)27-21(29)14-20(25)23(27,15-5-4-8-19(13-15)28(31)32)22(30)26-17-6-2-1-3-7-17/h4-5,8-14,17H,1-3,6-7,25H2,(H,26,30). The Bertz CT molecular complexity index is 1100. The smallest absolute Gasteiger partial charge is 0.269 e. The number of rotatable bonds is 5. The SMILES string of the molecule is NC1=CC(=O)N(c2ccc(Cl)cc2)C1(C(=O)NC1CCCCC1)c1cccc([N+](=O)[O-])c1. The Kier molecular flexibility index (Phi) is 5.88. The minimum Gasteiger partial charge on any atom is -0.399 e. The lowest BCUT2D eigenvalue weighted by Crippen LogP contribution is -2.59. The van der Waals surface area contributed by atoms with Crippen molar-refractivity contribution in [2.75, 3.05) is 4.90 Å². The van der Waals surface area contributed by atoms with Crippen LogP contribution in [0.3, 0.4) is 0 Å². The molecule has 1 saturated carbocycles. The van der Waals surface area contributed by atoms with Crippen LogP contribution in [0.4, 0.5) is 11.4 Å².